The third kappa shape index (κ3) is 8.16. The summed E-state index contributed by atoms with van der Waals surface area (Å²) in [6, 6.07) is 13.9. The van der Waals surface area contributed by atoms with E-state index in [1.54, 1.807) is 48.5 Å². The van der Waals surface area contributed by atoms with Gasteiger partial charge in [0.05, 0.1) is 22.5 Å². The summed E-state index contributed by atoms with van der Waals surface area (Å²) in [4.78, 5) is 51.5. The van der Waals surface area contributed by atoms with Crippen LogP contribution in [0.4, 0.5) is 11.4 Å². The van der Waals surface area contributed by atoms with Gasteiger partial charge in [0.2, 0.25) is 11.8 Å². The van der Waals surface area contributed by atoms with Gasteiger partial charge in [-0.15, -0.1) is 0 Å². The highest BCUT2D eigenvalue weighted by Crippen LogP contribution is 2.31. The van der Waals surface area contributed by atoms with Crippen LogP contribution in [0.3, 0.4) is 0 Å². The molecule has 8 heteroatoms. The average Bonchev–Trinajstić information content (AvgIpc) is 2.82. The number of benzene rings is 2. The summed E-state index contributed by atoms with van der Waals surface area (Å²) in [5.74, 6) is -1.28. The van der Waals surface area contributed by atoms with Crippen molar-refractivity contribution in [2.75, 3.05) is 10.6 Å². The lowest BCUT2D eigenvalue weighted by Crippen LogP contribution is -2.41. The van der Waals surface area contributed by atoms with Crippen molar-refractivity contribution in [1.82, 2.24) is 10.6 Å². The van der Waals surface area contributed by atoms with E-state index in [4.69, 9.17) is 0 Å². The predicted molar refractivity (Wildman–Crippen MR) is 150 cm³/mol. The number of para-hydroxylation sites is 2. The van der Waals surface area contributed by atoms with Crippen molar-refractivity contribution in [3.63, 3.8) is 0 Å². The fraction of sp³-hybridized carbons (Fsp3) is 0.467. The van der Waals surface area contributed by atoms with Crippen LogP contribution < -0.4 is 21.3 Å². The minimum Gasteiger partial charge on any atom is -0.347 e. The van der Waals surface area contributed by atoms with Gasteiger partial charge >= 0.3 is 0 Å². The van der Waals surface area contributed by atoms with Crippen molar-refractivity contribution in [3.05, 3.63) is 59.7 Å². The lowest BCUT2D eigenvalue weighted by molar-refractivity contribution is -0.125. The molecule has 0 atom stereocenters. The lowest BCUT2D eigenvalue weighted by Gasteiger charge is -2.28. The molecule has 3 rings (SSSR count). The molecule has 38 heavy (non-hydrogen) atoms. The summed E-state index contributed by atoms with van der Waals surface area (Å²) in [6.45, 7) is 11.4. The second kappa shape index (κ2) is 11.8. The van der Waals surface area contributed by atoms with Gasteiger partial charge < -0.3 is 21.3 Å². The summed E-state index contributed by atoms with van der Waals surface area (Å²) < 4.78 is 0. The topological polar surface area (TPSA) is 116 Å². The number of rotatable bonds is 6. The maximum atomic E-state index is 13.0. The SMILES string of the molecule is CC(C)(C)NC(=O)c1ccccc1NC(=O)C1CCC(C(=O)Nc2ccccc2C(=O)NC(C)(C)C)CC1. The molecule has 0 saturated heterocycles. The van der Waals surface area contributed by atoms with Crippen molar-refractivity contribution in [2.45, 2.75) is 78.3 Å². The van der Waals surface area contributed by atoms with Crippen LogP contribution in [0.2, 0.25) is 0 Å². The number of anilines is 2. The molecule has 0 spiro atoms. The second-order valence-electron chi connectivity index (χ2n) is 12.0. The standard InChI is InChI=1S/C30H40N4O4/c1-29(2,3)33-27(37)21-11-7-9-13-23(21)31-25(35)19-15-17-20(18-16-19)26(36)32-24-14-10-8-12-22(24)28(38)34-30(4,5)6/h7-14,19-20H,15-18H2,1-6H3,(H,31,35)(H,32,36)(H,33,37)(H,34,38). The summed E-state index contributed by atoms with van der Waals surface area (Å²) in [7, 11) is 0. The molecule has 2 aromatic rings. The summed E-state index contributed by atoms with van der Waals surface area (Å²) in [5, 5.41) is 11.7. The highest BCUT2D eigenvalue weighted by Gasteiger charge is 2.31. The molecule has 0 unspecified atom stereocenters. The molecule has 0 aromatic heterocycles. The van der Waals surface area contributed by atoms with E-state index in [-0.39, 0.29) is 35.5 Å². The van der Waals surface area contributed by atoms with Crippen LogP contribution in [0.1, 0.15) is 87.9 Å². The van der Waals surface area contributed by atoms with Gasteiger partial charge in [0.1, 0.15) is 0 Å². The van der Waals surface area contributed by atoms with Crippen LogP contribution in [0, 0.1) is 11.8 Å². The van der Waals surface area contributed by atoms with Crippen LogP contribution in [0.5, 0.6) is 0 Å². The van der Waals surface area contributed by atoms with E-state index in [1.165, 1.54) is 0 Å². The third-order valence-corrected chi connectivity index (χ3v) is 6.30. The number of carbonyl (C=O) groups is 4. The van der Waals surface area contributed by atoms with Crippen molar-refractivity contribution in [3.8, 4) is 0 Å². The summed E-state index contributed by atoms with van der Waals surface area (Å²) in [5.41, 5.74) is 0.984. The van der Waals surface area contributed by atoms with E-state index in [9.17, 15) is 19.2 Å². The zero-order chi connectivity index (χ0) is 28.1. The Balaban J connectivity index is 1.59. The Labute approximate surface area is 225 Å². The smallest absolute Gasteiger partial charge is 0.253 e. The van der Waals surface area contributed by atoms with Crippen molar-refractivity contribution in [1.29, 1.82) is 0 Å². The van der Waals surface area contributed by atoms with E-state index < -0.39 is 11.1 Å². The zero-order valence-electron chi connectivity index (χ0n) is 23.2. The molecule has 1 aliphatic rings. The first kappa shape index (κ1) is 28.9. The molecule has 204 valence electrons. The Hall–Kier alpha value is -3.68. The third-order valence-electron chi connectivity index (χ3n) is 6.30. The van der Waals surface area contributed by atoms with E-state index in [0.717, 1.165) is 0 Å². The van der Waals surface area contributed by atoms with Gasteiger partial charge in [-0.1, -0.05) is 24.3 Å². The Morgan fingerprint density at radius 3 is 1.21 bits per heavy atom. The molecule has 0 radical (unpaired) electrons. The fourth-order valence-electron chi connectivity index (χ4n) is 4.48. The lowest BCUT2D eigenvalue weighted by atomic mass is 9.81. The Kier molecular flexibility index (Phi) is 8.97. The molecular formula is C30H40N4O4. The quantitative estimate of drug-likeness (QED) is 0.423. The first-order valence-corrected chi connectivity index (χ1v) is 13.2. The molecule has 8 nitrogen and oxygen atoms in total. The van der Waals surface area contributed by atoms with E-state index in [1.807, 2.05) is 41.5 Å². The van der Waals surface area contributed by atoms with Crippen LogP contribution in [-0.4, -0.2) is 34.7 Å². The van der Waals surface area contributed by atoms with Crippen LogP contribution in [-0.2, 0) is 9.59 Å². The van der Waals surface area contributed by atoms with Gasteiger partial charge in [0.15, 0.2) is 0 Å². The van der Waals surface area contributed by atoms with Gasteiger partial charge in [0.25, 0.3) is 11.8 Å². The van der Waals surface area contributed by atoms with Crippen LogP contribution >= 0.6 is 0 Å². The average molecular weight is 521 g/mol. The molecule has 0 aliphatic heterocycles. The molecule has 4 amide bonds. The molecule has 1 fully saturated rings. The number of hydrogen-bond acceptors (Lipinski definition) is 4. The first-order chi connectivity index (χ1) is 17.7. The van der Waals surface area contributed by atoms with Crippen molar-refractivity contribution in [2.24, 2.45) is 11.8 Å². The van der Waals surface area contributed by atoms with Gasteiger partial charge in [-0.3, -0.25) is 19.2 Å². The Morgan fingerprint density at radius 2 is 0.895 bits per heavy atom. The predicted octanol–water partition coefficient (Wildman–Crippen LogP) is 5.13. The summed E-state index contributed by atoms with van der Waals surface area (Å²) >= 11 is 0. The fourth-order valence-corrected chi connectivity index (χ4v) is 4.48. The van der Waals surface area contributed by atoms with Crippen LogP contribution in [0.25, 0.3) is 0 Å². The van der Waals surface area contributed by atoms with Gasteiger partial charge in [-0.25, -0.2) is 0 Å². The number of carbonyl (C=O) groups excluding carboxylic acids is 4. The molecule has 1 aliphatic carbocycles. The van der Waals surface area contributed by atoms with E-state index in [2.05, 4.69) is 21.3 Å². The summed E-state index contributed by atoms with van der Waals surface area (Å²) in [6.07, 6.45) is 2.25. The number of hydrogen-bond donors (Lipinski definition) is 4. The molecule has 2 aromatic carbocycles. The van der Waals surface area contributed by atoms with Gasteiger partial charge in [-0.05, 0) is 91.5 Å². The largest absolute Gasteiger partial charge is 0.347 e. The Morgan fingerprint density at radius 1 is 0.579 bits per heavy atom. The molecule has 4 N–H and O–H groups in total. The molecular weight excluding hydrogens is 480 g/mol. The van der Waals surface area contributed by atoms with E-state index in [0.29, 0.717) is 48.2 Å². The minimum atomic E-state index is -0.399. The second-order valence-corrected chi connectivity index (χ2v) is 12.0. The van der Waals surface area contributed by atoms with Crippen molar-refractivity contribution >= 4 is 35.0 Å². The highest BCUT2D eigenvalue weighted by atomic mass is 16.2. The molecule has 0 heterocycles. The monoisotopic (exact) mass is 520 g/mol. The molecule has 1 saturated carbocycles. The minimum absolute atomic E-state index is 0.149. The number of amides is 4. The number of nitrogens with one attached hydrogen (secondary N) is 4. The molecule has 0 bridgehead atoms. The zero-order valence-corrected chi connectivity index (χ0v) is 23.2. The first-order valence-electron chi connectivity index (χ1n) is 13.2. The maximum Gasteiger partial charge on any atom is 0.253 e. The van der Waals surface area contributed by atoms with Gasteiger partial charge in [-0.2, -0.15) is 0 Å². The van der Waals surface area contributed by atoms with Gasteiger partial charge in [0, 0.05) is 22.9 Å². The highest BCUT2D eigenvalue weighted by molar-refractivity contribution is 6.05. The normalized spacial score (nSPS) is 17.7. The van der Waals surface area contributed by atoms with Crippen LogP contribution in [0.15, 0.2) is 48.5 Å². The maximum absolute atomic E-state index is 13.0. The Bertz CT molecular complexity index is 1090. The van der Waals surface area contributed by atoms with E-state index >= 15 is 0 Å². The van der Waals surface area contributed by atoms with Crippen molar-refractivity contribution < 1.29 is 19.2 Å².